The Morgan fingerprint density at radius 1 is 1.10 bits per heavy atom. The molecule has 0 unspecified atom stereocenters. The Bertz CT molecular complexity index is 1420. The molecule has 3 aromatic rings. The van der Waals surface area contributed by atoms with Gasteiger partial charge in [0.1, 0.15) is 5.01 Å². The van der Waals surface area contributed by atoms with Crippen molar-refractivity contribution in [1.29, 1.82) is 0 Å². The fourth-order valence-corrected chi connectivity index (χ4v) is 6.68. The third kappa shape index (κ3) is 5.90. The van der Waals surface area contributed by atoms with Gasteiger partial charge in [0.2, 0.25) is 5.91 Å². The van der Waals surface area contributed by atoms with Gasteiger partial charge in [-0.1, -0.05) is 0 Å². The standard InChI is InChI=1S/C29H33F2N3O5S/c1-34(2)6-4-17(5-7-34)16-39-24-10-22-25(11-23(24)38-3)40-26(33-22)15-32-28(37)29(14-27(35)36)12-18-8-20(30)21(31)9-19(18)13-29/h8-11,17H,4-7,12-16H2,1-3H3,(H-,32,35,36,37). The highest BCUT2D eigenvalue weighted by molar-refractivity contribution is 7.18. The van der Waals surface area contributed by atoms with Gasteiger partial charge < -0.3 is 29.2 Å². The maximum absolute atomic E-state index is 13.8. The predicted molar refractivity (Wildman–Crippen MR) is 144 cm³/mol. The summed E-state index contributed by atoms with van der Waals surface area (Å²) < 4.78 is 41.2. The molecule has 2 heterocycles. The molecule has 1 amide bonds. The number of nitrogens with zero attached hydrogens (tertiary/aromatic N) is 2. The summed E-state index contributed by atoms with van der Waals surface area (Å²) in [6.45, 7) is 2.91. The van der Waals surface area contributed by atoms with Crippen molar-refractivity contribution in [2.45, 2.75) is 38.6 Å². The van der Waals surface area contributed by atoms with Crippen molar-refractivity contribution in [3.63, 3.8) is 0 Å². The zero-order chi connectivity index (χ0) is 28.7. The number of hydrogen-bond acceptors (Lipinski definition) is 7. The Labute approximate surface area is 235 Å². The quantitative estimate of drug-likeness (QED) is 0.395. The molecule has 214 valence electrons. The zero-order valence-electron chi connectivity index (χ0n) is 22.9. The lowest BCUT2D eigenvalue weighted by Gasteiger charge is -2.37. The molecule has 1 N–H and O–H groups in total. The lowest BCUT2D eigenvalue weighted by atomic mass is 9.80. The van der Waals surface area contributed by atoms with Crippen LogP contribution in [0.4, 0.5) is 8.78 Å². The number of halogens is 2. The third-order valence-corrected chi connectivity index (χ3v) is 9.16. The van der Waals surface area contributed by atoms with Crippen molar-refractivity contribution in [3.8, 4) is 11.5 Å². The van der Waals surface area contributed by atoms with Crippen LogP contribution < -0.4 is 19.9 Å². The maximum Gasteiger partial charge on any atom is 0.227 e. The number of fused-ring (bicyclic) bond motifs is 2. The Morgan fingerprint density at radius 3 is 2.35 bits per heavy atom. The fraction of sp³-hybridized carbons (Fsp3) is 0.483. The van der Waals surface area contributed by atoms with Crippen molar-refractivity contribution >= 4 is 33.4 Å². The van der Waals surface area contributed by atoms with E-state index >= 15 is 0 Å². The van der Waals surface area contributed by atoms with Gasteiger partial charge in [-0.25, -0.2) is 13.8 Å². The number of likely N-dealkylation sites (tertiary alicyclic amines) is 1. The summed E-state index contributed by atoms with van der Waals surface area (Å²) in [5, 5.41) is 15.0. The van der Waals surface area contributed by atoms with Crippen LogP contribution in [0.2, 0.25) is 0 Å². The highest BCUT2D eigenvalue weighted by Crippen LogP contribution is 2.41. The van der Waals surface area contributed by atoms with Gasteiger partial charge in [-0.15, -0.1) is 11.3 Å². The largest absolute Gasteiger partial charge is 0.550 e. The fourth-order valence-electron chi connectivity index (χ4n) is 5.76. The number of hydrogen-bond donors (Lipinski definition) is 1. The normalized spacial score (nSPS) is 17.9. The molecule has 5 rings (SSSR count). The van der Waals surface area contributed by atoms with Crippen LogP contribution in [0.1, 0.15) is 35.4 Å². The first-order chi connectivity index (χ1) is 19.0. The second-order valence-electron chi connectivity index (χ2n) is 11.6. The number of quaternary nitrogens is 1. The molecule has 0 radical (unpaired) electrons. The number of aliphatic carboxylic acids is 1. The monoisotopic (exact) mass is 573 g/mol. The van der Waals surface area contributed by atoms with E-state index in [1.54, 1.807) is 7.11 Å². The summed E-state index contributed by atoms with van der Waals surface area (Å²) in [5.41, 5.74) is 0.155. The number of carbonyl (C=O) groups excluding carboxylic acids is 2. The minimum atomic E-state index is -1.40. The van der Waals surface area contributed by atoms with Crippen molar-refractivity contribution in [2.75, 3.05) is 40.9 Å². The first kappa shape index (κ1) is 28.2. The summed E-state index contributed by atoms with van der Waals surface area (Å²) in [4.78, 5) is 29.5. The van der Waals surface area contributed by atoms with Crippen LogP contribution in [0, 0.1) is 23.0 Å². The Morgan fingerprint density at radius 2 is 1.75 bits per heavy atom. The van der Waals surface area contributed by atoms with Crippen LogP contribution >= 0.6 is 11.3 Å². The van der Waals surface area contributed by atoms with Gasteiger partial charge in [0, 0.05) is 43.3 Å². The van der Waals surface area contributed by atoms with Crippen molar-refractivity contribution in [3.05, 3.63) is 52.0 Å². The predicted octanol–water partition coefficient (Wildman–Crippen LogP) is 2.99. The number of ether oxygens (including phenoxy) is 2. The van der Waals surface area contributed by atoms with E-state index in [0.717, 1.165) is 47.2 Å². The van der Waals surface area contributed by atoms with E-state index in [-0.39, 0.29) is 19.4 Å². The number of methoxy groups -OCH3 is 1. The molecule has 40 heavy (non-hydrogen) atoms. The molecule has 0 spiro atoms. The van der Waals surface area contributed by atoms with E-state index in [0.29, 0.717) is 45.7 Å². The molecule has 1 fully saturated rings. The van der Waals surface area contributed by atoms with Gasteiger partial charge in [0.15, 0.2) is 23.1 Å². The highest BCUT2D eigenvalue weighted by atomic mass is 32.1. The molecule has 0 atom stereocenters. The van der Waals surface area contributed by atoms with E-state index in [4.69, 9.17) is 9.47 Å². The minimum absolute atomic E-state index is 0.0193. The van der Waals surface area contributed by atoms with E-state index in [1.807, 2.05) is 12.1 Å². The summed E-state index contributed by atoms with van der Waals surface area (Å²) in [6, 6.07) is 5.77. The van der Waals surface area contributed by atoms with Gasteiger partial charge >= 0.3 is 0 Å². The van der Waals surface area contributed by atoms with E-state index in [1.165, 1.54) is 11.3 Å². The third-order valence-electron chi connectivity index (χ3n) is 8.14. The van der Waals surface area contributed by atoms with Crippen molar-refractivity contribution in [2.24, 2.45) is 11.3 Å². The van der Waals surface area contributed by atoms with E-state index in [2.05, 4.69) is 24.4 Å². The average molecular weight is 574 g/mol. The summed E-state index contributed by atoms with van der Waals surface area (Å²) in [5.74, 6) is -2.28. The Hall–Kier alpha value is -3.31. The first-order valence-corrected chi connectivity index (χ1v) is 14.2. The SMILES string of the molecule is COc1cc2sc(CNC(=O)C3(CC(=O)[O-])Cc4cc(F)c(F)cc4C3)nc2cc1OCC1CC[N+](C)(C)CC1. The van der Waals surface area contributed by atoms with Gasteiger partial charge in [-0.05, 0) is 36.1 Å². The number of thiazole rings is 1. The highest BCUT2D eigenvalue weighted by Gasteiger charge is 2.44. The smallest absolute Gasteiger partial charge is 0.227 e. The lowest BCUT2D eigenvalue weighted by molar-refractivity contribution is -0.896. The molecule has 0 bridgehead atoms. The molecule has 1 aromatic heterocycles. The van der Waals surface area contributed by atoms with Crippen LogP contribution in [0.5, 0.6) is 11.5 Å². The zero-order valence-corrected chi connectivity index (χ0v) is 23.7. The molecular weight excluding hydrogens is 540 g/mol. The number of benzene rings is 2. The number of carbonyl (C=O) groups is 2. The molecule has 0 saturated carbocycles. The van der Waals surface area contributed by atoms with Crippen LogP contribution in [0.25, 0.3) is 10.2 Å². The molecule has 1 aliphatic carbocycles. The molecule has 1 aliphatic heterocycles. The summed E-state index contributed by atoms with van der Waals surface area (Å²) >= 11 is 1.38. The van der Waals surface area contributed by atoms with Gasteiger partial charge in [0.25, 0.3) is 0 Å². The Balaban J connectivity index is 1.28. The molecular formula is C29H33F2N3O5S. The maximum atomic E-state index is 13.8. The first-order valence-electron chi connectivity index (χ1n) is 13.3. The molecule has 2 aliphatic rings. The topological polar surface area (TPSA) is 101 Å². The Kier molecular flexibility index (Phi) is 7.71. The van der Waals surface area contributed by atoms with E-state index < -0.39 is 35.3 Å². The summed E-state index contributed by atoms with van der Waals surface area (Å²) in [7, 11) is 6.08. The number of rotatable bonds is 9. The number of piperidine rings is 1. The van der Waals surface area contributed by atoms with Crippen molar-refractivity contribution in [1.82, 2.24) is 10.3 Å². The summed E-state index contributed by atoms with van der Waals surface area (Å²) in [6.07, 6.45) is 1.61. The second-order valence-corrected chi connectivity index (χ2v) is 12.7. The van der Waals surface area contributed by atoms with Gasteiger partial charge in [0.05, 0.1) is 63.1 Å². The molecule has 2 aromatic carbocycles. The molecule has 8 nitrogen and oxygen atoms in total. The lowest BCUT2D eigenvalue weighted by Crippen LogP contribution is -2.46. The number of amides is 1. The minimum Gasteiger partial charge on any atom is -0.550 e. The van der Waals surface area contributed by atoms with Crippen LogP contribution in [-0.2, 0) is 29.0 Å². The molecule has 11 heteroatoms. The van der Waals surface area contributed by atoms with Gasteiger partial charge in [-0.3, -0.25) is 4.79 Å². The van der Waals surface area contributed by atoms with Gasteiger partial charge in [-0.2, -0.15) is 0 Å². The number of aromatic nitrogens is 1. The van der Waals surface area contributed by atoms with E-state index in [9.17, 15) is 23.5 Å². The average Bonchev–Trinajstić information content (AvgIpc) is 3.46. The number of nitrogens with one attached hydrogen (secondary N) is 1. The van der Waals surface area contributed by atoms with Crippen LogP contribution in [0.3, 0.4) is 0 Å². The number of carboxylic acids is 1. The van der Waals surface area contributed by atoms with Crippen LogP contribution in [0.15, 0.2) is 24.3 Å². The van der Waals surface area contributed by atoms with Crippen molar-refractivity contribution < 1.29 is 37.4 Å². The van der Waals surface area contributed by atoms with Crippen LogP contribution in [-0.4, -0.2) is 62.2 Å². The number of carboxylic acid groups (broad SMARTS) is 1. The molecule has 1 saturated heterocycles. The second kappa shape index (κ2) is 10.9.